The fraction of sp³-hybridized carbons (Fsp3) is 0.571. The van der Waals surface area contributed by atoms with E-state index in [4.69, 9.17) is 5.73 Å². The van der Waals surface area contributed by atoms with E-state index in [0.717, 1.165) is 25.9 Å². The number of benzene rings is 1. The fourth-order valence-corrected chi connectivity index (χ4v) is 3.73. The van der Waals surface area contributed by atoms with Gasteiger partial charge in [0.25, 0.3) is 0 Å². The first-order valence-corrected chi connectivity index (χ1v) is 8.52. The van der Waals surface area contributed by atoms with Gasteiger partial charge in [0, 0.05) is 6.54 Å². The Labute approximate surface area is 125 Å². The maximum Gasteiger partial charge on any atom is 0.240 e. The van der Waals surface area contributed by atoms with Crippen molar-refractivity contribution in [1.29, 1.82) is 0 Å². The number of rotatable bonds is 4. The van der Waals surface area contributed by atoms with Gasteiger partial charge < -0.3 is 10.6 Å². The molecule has 1 saturated heterocycles. The Morgan fingerprint density at radius 3 is 2.57 bits per heavy atom. The number of nitrogens with zero attached hydrogens (tertiary/aromatic N) is 1. The van der Waals surface area contributed by atoms with Gasteiger partial charge >= 0.3 is 0 Å². The molecule has 3 N–H and O–H groups in total. The van der Waals surface area contributed by atoms with Crippen molar-refractivity contribution in [2.45, 2.75) is 24.7 Å². The van der Waals surface area contributed by atoms with Gasteiger partial charge in [-0.2, -0.15) is 0 Å². The van der Waals surface area contributed by atoms with Crippen molar-refractivity contribution in [3.8, 4) is 0 Å². The summed E-state index contributed by atoms with van der Waals surface area (Å²) in [5.41, 5.74) is 5.59. The van der Waals surface area contributed by atoms with Crippen molar-refractivity contribution >= 4 is 15.7 Å². The summed E-state index contributed by atoms with van der Waals surface area (Å²) in [5.74, 6) is -0.223. The highest BCUT2D eigenvalue weighted by atomic mass is 32.2. The van der Waals surface area contributed by atoms with E-state index in [-0.39, 0.29) is 16.1 Å². The van der Waals surface area contributed by atoms with Crippen LogP contribution in [0.3, 0.4) is 0 Å². The Hall–Kier alpha value is -1.18. The molecule has 1 fully saturated rings. The van der Waals surface area contributed by atoms with Crippen molar-refractivity contribution in [1.82, 2.24) is 9.62 Å². The Morgan fingerprint density at radius 1 is 1.38 bits per heavy atom. The number of sulfonamides is 1. The summed E-state index contributed by atoms with van der Waals surface area (Å²) in [6.45, 7) is 3.87. The van der Waals surface area contributed by atoms with E-state index in [1.54, 1.807) is 0 Å². The van der Waals surface area contributed by atoms with Crippen molar-refractivity contribution in [2.24, 2.45) is 5.92 Å². The van der Waals surface area contributed by atoms with Crippen molar-refractivity contribution in [3.05, 3.63) is 23.5 Å². The van der Waals surface area contributed by atoms with Crippen LogP contribution in [-0.4, -0.2) is 40.0 Å². The zero-order chi connectivity index (χ0) is 15.6. The summed E-state index contributed by atoms with van der Waals surface area (Å²) in [5, 5.41) is 0. The number of halogens is 1. The zero-order valence-corrected chi connectivity index (χ0v) is 13.2. The minimum absolute atomic E-state index is 0.0202. The largest absolute Gasteiger partial charge is 0.396 e. The number of nitrogens with two attached hydrogens (primary N) is 1. The predicted molar refractivity (Wildman–Crippen MR) is 81.0 cm³/mol. The first-order chi connectivity index (χ1) is 9.79. The normalized spacial score (nSPS) is 18.0. The zero-order valence-electron chi connectivity index (χ0n) is 12.4. The third-order valence-corrected chi connectivity index (χ3v) is 5.37. The number of hydrogen-bond acceptors (Lipinski definition) is 4. The van der Waals surface area contributed by atoms with Crippen LogP contribution in [-0.2, 0) is 10.0 Å². The predicted octanol–water partition coefficient (Wildman–Crippen LogP) is 1.34. The summed E-state index contributed by atoms with van der Waals surface area (Å²) in [6, 6.07) is 2.47. The van der Waals surface area contributed by atoms with Gasteiger partial charge in [-0.1, -0.05) is 0 Å². The van der Waals surface area contributed by atoms with Gasteiger partial charge in [-0.3, -0.25) is 0 Å². The van der Waals surface area contributed by atoms with Crippen LogP contribution in [0.2, 0.25) is 0 Å². The Balaban J connectivity index is 2.05. The molecule has 0 bridgehead atoms. The molecule has 1 aliphatic heterocycles. The van der Waals surface area contributed by atoms with Gasteiger partial charge in [-0.05, 0) is 63.5 Å². The van der Waals surface area contributed by atoms with Gasteiger partial charge in [-0.15, -0.1) is 0 Å². The van der Waals surface area contributed by atoms with Gasteiger partial charge in [0.1, 0.15) is 5.82 Å². The second kappa shape index (κ2) is 6.29. The van der Waals surface area contributed by atoms with Crippen LogP contribution in [0.25, 0.3) is 0 Å². The molecule has 118 valence electrons. The van der Waals surface area contributed by atoms with Crippen molar-refractivity contribution < 1.29 is 12.8 Å². The number of piperidine rings is 1. The molecular formula is C14H22FN3O2S. The van der Waals surface area contributed by atoms with Gasteiger partial charge in [0.15, 0.2) is 0 Å². The second-order valence-corrected chi connectivity index (χ2v) is 7.51. The summed E-state index contributed by atoms with van der Waals surface area (Å²) >= 11 is 0. The Kier molecular flexibility index (Phi) is 4.85. The average molecular weight is 315 g/mol. The van der Waals surface area contributed by atoms with Gasteiger partial charge in [-0.25, -0.2) is 17.5 Å². The molecule has 0 radical (unpaired) electrons. The first kappa shape index (κ1) is 16.2. The third kappa shape index (κ3) is 3.93. The lowest BCUT2D eigenvalue weighted by Crippen LogP contribution is -2.36. The minimum atomic E-state index is -3.65. The average Bonchev–Trinajstić information content (AvgIpc) is 2.43. The molecule has 0 aromatic heterocycles. The highest BCUT2D eigenvalue weighted by Crippen LogP contribution is 2.21. The molecule has 0 aliphatic carbocycles. The Bertz CT molecular complexity index is 588. The van der Waals surface area contributed by atoms with Crippen LogP contribution >= 0.6 is 0 Å². The molecule has 0 saturated carbocycles. The molecule has 1 heterocycles. The van der Waals surface area contributed by atoms with Gasteiger partial charge in [0.05, 0.1) is 10.6 Å². The molecule has 1 aliphatic rings. The topological polar surface area (TPSA) is 75.4 Å². The monoisotopic (exact) mass is 315 g/mol. The standard InChI is InChI=1S/C14H22FN3O2S/c1-10-7-12(8-13(16)14(10)15)21(19,20)17-9-11-3-5-18(2)6-4-11/h7-8,11,17H,3-6,9,16H2,1-2H3. The van der Waals surface area contributed by atoms with E-state index in [0.29, 0.717) is 12.5 Å². The Morgan fingerprint density at radius 2 is 2.00 bits per heavy atom. The van der Waals surface area contributed by atoms with Crippen LogP contribution in [0.5, 0.6) is 0 Å². The number of anilines is 1. The fourth-order valence-electron chi connectivity index (χ4n) is 2.49. The molecule has 7 heteroatoms. The molecule has 1 aromatic rings. The van der Waals surface area contributed by atoms with Crippen LogP contribution in [0, 0.1) is 18.7 Å². The quantitative estimate of drug-likeness (QED) is 0.822. The van der Waals surface area contributed by atoms with Crippen molar-refractivity contribution in [2.75, 3.05) is 32.4 Å². The van der Waals surface area contributed by atoms with E-state index in [1.807, 2.05) is 0 Å². The molecule has 5 nitrogen and oxygen atoms in total. The van der Waals surface area contributed by atoms with Crippen LogP contribution in [0.15, 0.2) is 17.0 Å². The molecule has 0 spiro atoms. The lowest BCUT2D eigenvalue weighted by Gasteiger charge is -2.28. The number of hydrogen-bond donors (Lipinski definition) is 2. The smallest absolute Gasteiger partial charge is 0.240 e. The van der Waals surface area contributed by atoms with E-state index in [1.165, 1.54) is 19.1 Å². The van der Waals surface area contributed by atoms with E-state index < -0.39 is 15.8 Å². The lowest BCUT2D eigenvalue weighted by molar-refractivity contribution is 0.220. The highest BCUT2D eigenvalue weighted by Gasteiger charge is 2.21. The molecule has 0 amide bonds. The SMILES string of the molecule is Cc1cc(S(=O)(=O)NCC2CCN(C)CC2)cc(N)c1F. The van der Waals surface area contributed by atoms with Crippen LogP contribution in [0.1, 0.15) is 18.4 Å². The summed E-state index contributed by atoms with van der Waals surface area (Å²) in [7, 11) is -1.59. The number of aryl methyl sites for hydroxylation is 1. The molecule has 21 heavy (non-hydrogen) atoms. The summed E-state index contributed by atoms with van der Waals surface area (Å²) in [6.07, 6.45) is 1.95. The van der Waals surface area contributed by atoms with Crippen molar-refractivity contribution in [3.63, 3.8) is 0 Å². The lowest BCUT2D eigenvalue weighted by atomic mass is 9.98. The highest BCUT2D eigenvalue weighted by molar-refractivity contribution is 7.89. The minimum Gasteiger partial charge on any atom is -0.396 e. The third-order valence-electron chi connectivity index (χ3n) is 3.97. The number of likely N-dealkylation sites (tertiary alicyclic amines) is 1. The maximum absolute atomic E-state index is 13.5. The first-order valence-electron chi connectivity index (χ1n) is 7.03. The van der Waals surface area contributed by atoms with Crippen LogP contribution in [0.4, 0.5) is 10.1 Å². The van der Waals surface area contributed by atoms with E-state index >= 15 is 0 Å². The summed E-state index contributed by atoms with van der Waals surface area (Å²) in [4.78, 5) is 2.25. The van der Waals surface area contributed by atoms with E-state index in [2.05, 4.69) is 16.7 Å². The molecule has 2 rings (SSSR count). The molecule has 0 atom stereocenters. The number of nitrogen functional groups attached to an aromatic ring is 1. The van der Waals surface area contributed by atoms with E-state index in [9.17, 15) is 12.8 Å². The number of nitrogens with one attached hydrogen (secondary N) is 1. The molecular weight excluding hydrogens is 293 g/mol. The maximum atomic E-state index is 13.5. The van der Waals surface area contributed by atoms with Crippen LogP contribution < -0.4 is 10.5 Å². The molecule has 1 aromatic carbocycles. The summed E-state index contributed by atoms with van der Waals surface area (Å²) < 4.78 is 40.6. The van der Waals surface area contributed by atoms with Gasteiger partial charge in [0.2, 0.25) is 10.0 Å². The second-order valence-electron chi connectivity index (χ2n) is 5.74. The molecule has 0 unspecified atom stereocenters.